The molecule has 0 unspecified atom stereocenters. The molecular formula is C21H25NO3. The largest absolute Gasteiger partial charge is 0.467 e. The van der Waals surface area contributed by atoms with Gasteiger partial charge in [-0.05, 0) is 17.0 Å². The Morgan fingerprint density at radius 1 is 0.960 bits per heavy atom. The Labute approximate surface area is 149 Å². The molecule has 0 aliphatic heterocycles. The maximum Gasteiger partial charge on any atom is 0.328 e. The molecule has 132 valence electrons. The van der Waals surface area contributed by atoms with E-state index in [2.05, 4.69) is 5.32 Å². The number of nitrogens with one attached hydrogen (secondary N) is 1. The molecule has 0 radical (unpaired) electrons. The lowest BCUT2D eigenvalue weighted by Gasteiger charge is -2.25. The van der Waals surface area contributed by atoms with Gasteiger partial charge < -0.3 is 10.1 Å². The van der Waals surface area contributed by atoms with Crippen molar-refractivity contribution in [1.29, 1.82) is 0 Å². The molecule has 1 N–H and O–H groups in total. The lowest BCUT2D eigenvalue weighted by Crippen LogP contribution is -2.47. The molecule has 0 saturated carbocycles. The van der Waals surface area contributed by atoms with E-state index < -0.39 is 17.9 Å². The van der Waals surface area contributed by atoms with Gasteiger partial charge in [0.1, 0.15) is 6.04 Å². The second-order valence-electron chi connectivity index (χ2n) is 6.15. The zero-order valence-electron chi connectivity index (χ0n) is 14.9. The van der Waals surface area contributed by atoms with Crippen molar-refractivity contribution in [3.8, 4) is 0 Å². The predicted molar refractivity (Wildman–Crippen MR) is 98.1 cm³/mol. The Balaban J connectivity index is 2.34. The van der Waals surface area contributed by atoms with Crippen molar-refractivity contribution >= 4 is 11.9 Å². The highest BCUT2D eigenvalue weighted by molar-refractivity contribution is 5.91. The number of hydrogen-bond acceptors (Lipinski definition) is 3. The minimum absolute atomic E-state index is 0.0106. The van der Waals surface area contributed by atoms with E-state index in [1.807, 2.05) is 74.5 Å². The molecule has 0 fully saturated rings. The monoisotopic (exact) mass is 339 g/mol. The van der Waals surface area contributed by atoms with E-state index in [0.29, 0.717) is 0 Å². The summed E-state index contributed by atoms with van der Waals surface area (Å²) < 4.78 is 4.87. The second kappa shape index (κ2) is 9.02. The molecule has 2 atom stereocenters. The number of ether oxygens (including phenoxy) is 1. The highest BCUT2D eigenvalue weighted by Crippen LogP contribution is 2.25. The molecule has 1 amide bonds. The fourth-order valence-electron chi connectivity index (χ4n) is 2.82. The van der Waals surface area contributed by atoms with Gasteiger partial charge in [-0.25, -0.2) is 4.79 Å². The first-order chi connectivity index (χ1) is 12.1. The maximum atomic E-state index is 13.1. The summed E-state index contributed by atoms with van der Waals surface area (Å²) >= 11 is 0. The Morgan fingerprint density at radius 2 is 1.44 bits per heavy atom. The van der Waals surface area contributed by atoms with Crippen LogP contribution in [0.5, 0.6) is 0 Å². The summed E-state index contributed by atoms with van der Waals surface area (Å²) in [5.41, 5.74) is 1.78. The summed E-state index contributed by atoms with van der Waals surface area (Å²) in [6.45, 7) is 3.92. The Kier molecular flexibility index (Phi) is 6.75. The SMILES string of the molecule is CC[C@@H](C)[C@H](NC(=O)C(c1ccccc1)c1ccccc1)C(=O)OC. The van der Waals surface area contributed by atoms with Gasteiger partial charge >= 0.3 is 5.97 Å². The number of benzene rings is 2. The van der Waals surface area contributed by atoms with Crippen LogP contribution in [0.3, 0.4) is 0 Å². The van der Waals surface area contributed by atoms with E-state index in [1.165, 1.54) is 7.11 Å². The highest BCUT2D eigenvalue weighted by Gasteiger charge is 2.31. The number of rotatable bonds is 7. The molecule has 0 aromatic heterocycles. The summed E-state index contributed by atoms with van der Waals surface area (Å²) in [4.78, 5) is 25.2. The highest BCUT2D eigenvalue weighted by atomic mass is 16.5. The van der Waals surface area contributed by atoms with Crippen LogP contribution in [-0.2, 0) is 14.3 Å². The number of amides is 1. The molecule has 0 aliphatic carbocycles. The van der Waals surface area contributed by atoms with Crippen LogP contribution >= 0.6 is 0 Å². The first-order valence-electron chi connectivity index (χ1n) is 8.56. The summed E-state index contributed by atoms with van der Waals surface area (Å²) in [5, 5.41) is 2.90. The Bertz CT molecular complexity index is 645. The number of methoxy groups -OCH3 is 1. The topological polar surface area (TPSA) is 55.4 Å². The van der Waals surface area contributed by atoms with Gasteiger partial charge in [0.15, 0.2) is 0 Å². The van der Waals surface area contributed by atoms with Crippen LogP contribution in [-0.4, -0.2) is 25.0 Å². The van der Waals surface area contributed by atoms with Gasteiger partial charge in [-0.2, -0.15) is 0 Å². The van der Waals surface area contributed by atoms with Crippen molar-refractivity contribution in [2.24, 2.45) is 5.92 Å². The van der Waals surface area contributed by atoms with Gasteiger partial charge in [0.05, 0.1) is 13.0 Å². The Morgan fingerprint density at radius 3 is 1.84 bits per heavy atom. The molecule has 2 rings (SSSR count). The fraction of sp³-hybridized carbons (Fsp3) is 0.333. The van der Waals surface area contributed by atoms with E-state index in [9.17, 15) is 9.59 Å². The van der Waals surface area contributed by atoms with Crippen LogP contribution in [0.25, 0.3) is 0 Å². The van der Waals surface area contributed by atoms with Gasteiger partial charge in [0, 0.05) is 0 Å². The third kappa shape index (κ3) is 4.69. The van der Waals surface area contributed by atoms with Crippen molar-refractivity contribution in [2.75, 3.05) is 7.11 Å². The number of carbonyl (C=O) groups is 2. The quantitative estimate of drug-likeness (QED) is 0.785. The summed E-state index contributed by atoms with van der Waals surface area (Å²) in [6.07, 6.45) is 0.765. The van der Waals surface area contributed by atoms with Crippen LogP contribution in [0, 0.1) is 5.92 Å². The average Bonchev–Trinajstić information content (AvgIpc) is 2.66. The molecule has 2 aromatic rings. The minimum Gasteiger partial charge on any atom is -0.467 e. The molecule has 0 bridgehead atoms. The summed E-state index contributed by atoms with van der Waals surface area (Å²) in [7, 11) is 1.34. The molecule has 25 heavy (non-hydrogen) atoms. The molecule has 0 saturated heterocycles. The Hall–Kier alpha value is -2.62. The van der Waals surface area contributed by atoms with E-state index in [1.54, 1.807) is 0 Å². The van der Waals surface area contributed by atoms with E-state index in [-0.39, 0.29) is 11.8 Å². The molecule has 4 nitrogen and oxygen atoms in total. The summed E-state index contributed by atoms with van der Waals surface area (Å²) in [5.74, 6) is -1.10. The zero-order valence-corrected chi connectivity index (χ0v) is 14.9. The third-order valence-electron chi connectivity index (χ3n) is 4.49. The van der Waals surface area contributed by atoms with Gasteiger partial charge in [0.25, 0.3) is 0 Å². The molecule has 4 heteroatoms. The zero-order chi connectivity index (χ0) is 18.2. The van der Waals surface area contributed by atoms with Crippen molar-refractivity contribution in [3.63, 3.8) is 0 Å². The lowest BCUT2D eigenvalue weighted by atomic mass is 9.89. The van der Waals surface area contributed by atoms with Crippen molar-refractivity contribution in [1.82, 2.24) is 5.32 Å². The number of esters is 1. The number of carbonyl (C=O) groups excluding carboxylic acids is 2. The van der Waals surface area contributed by atoms with Crippen LogP contribution in [0.4, 0.5) is 0 Å². The maximum absolute atomic E-state index is 13.1. The lowest BCUT2D eigenvalue weighted by molar-refractivity contribution is -0.146. The standard InChI is InChI=1S/C21H25NO3/c1-4-15(2)19(21(24)25-3)22-20(23)18(16-11-7-5-8-12-16)17-13-9-6-10-14-17/h5-15,18-19H,4H2,1-3H3,(H,22,23)/t15-,19+/m1/s1. The smallest absolute Gasteiger partial charge is 0.328 e. The van der Waals surface area contributed by atoms with Gasteiger partial charge in [-0.3, -0.25) is 4.79 Å². The first-order valence-corrected chi connectivity index (χ1v) is 8.56. The second-order valence-corrected chi connectivity index (χ2v) is 6.15. The molecule has 0 spiro atoms. The van der Waals surface area contributed by atoms with E-state index >= 15 is 0 Å². The average molecular weight is 339 g/mol. The van der Waals surface area contributed by atoms with Crippen LogP contribution in [0.15, 0.2) is 60.7 Å². The number of hydrogen-bond donors (Lipinski definition) is 1. The van der Waals surface area contributed by atoms with E-state index in [0.717, 1.165) is 17.5 Å². The van der Waals surface area contributed by atoms with Crippen molar-refractivity contribution in [2.45, 2.75) is 32.2 Å². The van der Waals surface area contributed by atoms with Crippen LogP contribution in [0.1, 0.15) is 37.3 Å². The fourth-order valence-corrected chi connectivity index (χ4v) is 2.82. The first kappa shape index (κ1) is 18.7. The third-order valence-corrected chi connectivity index (χ3v) is 4.49. The normalized spacial score (nSPS) is 13.1. The van der Waals surface area contributed by atoms with Crippen LogP contribution < -0.4 is 5.32 Å². The molecule has 2 aromatic carbocycles. The van der Waals surface area contributed by atoms with Gasteiger partial charge in [-0.15, -0.1) is 0 Å². The molecular weight excluding hydrogens is 314 g/mol. The van der Waals surface area contributed by atoms with E-state index in [4.69, 9.17) is 4.74 Å². The molecule has 0 aliphatic rings. The summed E-state index contributed by atoms with van der Waals surface area (Å²) in [6, 6.07) is 18.5. The van der Waals surface area contributed by atoms with Gasteiger partial charge in [-0.1, -0.05) is 80.9 Å². The van der Waals surface area contributed by atoms with Crippen LogP contribution in [0.2, 0.25) is 0 Å². The minimum atomic E-state index is -0.655. The predicted octanol–water partition coefficient (Wildman–Crippen LogP) is 3.52. The molecule has 0 heterocycles. The van der Waals surface area contributed by atoms with Gasteiger partial charge in [0.2, 0.25) is 5.91 Å². The van der Waals surface area contributed by atoms with Crippen molar-refractivity contribution in [3.05, 3.63) is 71.8 Å². The van der Waals surface area contributed by atoms with Crippen molar-refractivity contribution < 1.29 is 14.3 Å².